The molecule has 1 aliphatic heterocycles. The molecule has 0 bridgehead atoms. The van der Waals surface area contributed by atoms with Crippen LogP contribution in [0.25, 0.3) is 0 Å². The Kier molecular flexibility index (Phi) is 5.21. The molecule has 1 aromatic rings. The van der Waals surface area contributed by atoms with Gasteiger partial charge in [-0.25, -0.2) is 4.79 Å². The van der Waals surface area contributed by atoms with Crippen LogP contribution < -0.4 is 10.2 Å². The molecule has 23 heavy (non-hydrogen) atoms. The van der Waals surface area contributed by atoms with E-state index in [9.17, 15) is 4.79 Å². The van der Waals surface area contributed by atoms with Gasteiger partial charge in [-0.05, 0) is 45.3 Å². The van der Waals surface area contributed by atoms with Gasteiger partial charge in [0, 0.05) is 6.42 Å². The van der Waals surface area contributed by atoms with Gasteiger partial charge in [0.1, 0.15) is 5.75 Å². The lowest BCUT2D eigenvalue weighted by Crippen LogP contribution is -2.41. The summed E-state index contributed by atoms with van der Waals surface area (Å²) in [6.45, 7) is 8.53. The van der Waals surface area contributed by atoms with Crippen LogP contribution in [0.15, 0.2) is 24.3 Å². The molecule has 0 radical (unpaired) electrons. The van der Waals surface area contributed by atoms with Crippen molar-refractivity contribution < 1.29 is 28.7 Å². The van der Waals surface area contributed by atoms with E-state index < -0.39 is 13.3 Å². The minimum absolute atomic E-state index is 0.117. The summed E-state index contributed by atoms with van der Waals surface area (Å²) < 4.78 is 22.1. The molecule has 6 nitrogen and oxygen atoms in total. The van der Waals surface area contributed by atoms with Crippen molar-refractivity contribution in [2.75, 3.05) is 13.2 Å². The van der Waals surface area contributed by atoms with Crippen molar-refractivity contribution >= 4 is 18.7 Å². The third-order valence-corrected chi connectivity index (χ3v) is 4.17. The van der Waals surface area contributed by atoms with Crippen molar-refractivity contribution in [1.82, 2.24) is 0 Å². The van der Waals surface area contributed by atoms with Crippen LogP contribution in [0.5, 0.6) is 5.75 Å². The number of hydrogen-bond donors (Lipinski definition) is 1. The maximum Gasteiger partial charge on any atom is 0.505 e. The van der Waals surface area contributed by atoms with E-state index in [0.29, 0.717) is 18.8 Å². The smallest absolute Gasteiger partial charge is 0.493 e. The first-order valence-electron chi connectivity index (χ1n) is 7.65. The van der Waals surface area contributed by atoms with E-state index in [-0.39, 0.29) is 17.8 Å². The number of ether oxygens (including phenoxy) is 2. The Morgan fingerprint density at radius 3 is 2.43 bits per heavy atom. The maximum absolute atomic E-state index is 10.2. The molecule has 1 aromatic carbocycles. The van der Waals surface area contributed by atoms with Crippen molar-refractivity contribution in [3.8, 4) is 5.75 Å². The first-order chi connectivity index (χ1) is 10.7. The fourth-order valence-electron chi connectivity index (χ4n) is 2.14. The predicted molar refractivity (Wildman–Crippen MR) is 86.2 cm³/mol. The third kappa shape index (κ3) is 4.39. The van der Waals surface area contributed by atoms with Crippen LogP contribution in [-0.4, -0.2) is 42.8 Å². The first-order valence-corrected chi connectivity index (χ1v) is 7.65. The second-order valence-corrected chi connectivity index (χ2v) is 6.48. The minimum Gasteiger partial charge on any atom is -0.493 e. The van der Waals surface area contributed by atoms with Gasteiger partial charge in [0.2, 0.25) is 0 Å². The Morgan fingerprint density at radius 1 is 1.17 bits per heavy atom. The number of carbonyl (C=O) groups is 1. The van der Waals surface area contributed by atoms with Crippen molar-refractivity contribution in [3.63, 3.8) is 0 Å². The van der Waals surface area contributed by atoms with E-state index in [4.69, 9.17) is 19.2 Å². The highest BCUT2D eigenvalue weighted by atomic mass is 16.7. The molecule has 1 aliphatic rings. The fraction of sp³-hybridized carbons (Fsp3) is 0.562. The highest BCUT2D eigenvalue weighted by Crippen LogP contribution is 2.36. The summed E-state index contributed by atoms with van der Waals surface area (Å²) in [6.07, 6.45) is -0.778. The molecule has 0 aliphatic carbocycles. The highest BCUT2D eigenvalue weighted by Gasteiger charge is 2.51. The zero-order valence-corrected chi connectivity index (χ0v) is 14.0. The molecule has 0 amide bonds. The van der Waals surface area contributed by atoms with Crippen molar-refractivity contribution in [3.05, 3.63) is 24.3 Å². The predicted octanol–water partition coefficient (Wildman–Crippen LogP) is 2.45. The summed E-state index contributed by atoms with van der Waals surface area (Å²) >= 11 is 0. The van der Waals surface area contributed by atoms with Crippen molar-refractivity contribution in [2.45, 2.75) is 45.3 Å². The van der Waals surface area contributed by atoms with Gasteiger partial charge in [0.05, 0.1) is 24.4 Å². The summed E-state index contributed by atoms with van der Waals surface area (Å²) in [4.78, 5) is 10.2. The lowest BCUT2D eigenvalue weighted by molar-refractivity contribution is 0.00578. The molecule has 2 rings (SSSR count). The molecule has 0 unspecified atom stereocenters. The molecule has 0 saturated carbocycles. The van der Waals surface area contributed by atoms with Crippen LogP contribution in [-0.2, 0) is 14.0 Å². The second-order valence-electron chi connectivity index (χ2n) is 6.48. The summed E-state index contributed by atoms with van der Waals surface area (Å²) in [5.74, 6) is 0.688. The lowest BCUT2D eigenvalue weighted by atomic mass is 9.79. The SMILES string of the molecule is CC1(C)OB(c2cccc(OCCCOC(=O)O)c2)OC1(C)C. The standard InChI is InChI=1S/C16H23BO6/c1-15(2)16(3,4)23-17(22-15)12-7-5-8-13(11-12)20-9-6-10-21-14(18)19/h5,7-8,11H,6,9-10H2,1-4H3,(H,18,19). The Morgan fingerprint density at radius 2 is 1.83 bits per heavy atom. The summed E-state index contributed by atoms with van der Waals surface area (Å²) in [7, 11) is -0.432. The fourth-order valence-corrected chi connectivity index (χ4v) is 2.14. The minimum atomic E-state index is -1.27. The van der Waals surface area contributed by atoms with Gasteiger partial charge < -0.3 is 23.9 Å². The van der Waals surface area contributed by atoms with Crippen LogP contribution in [0.4, 0.5) is 4.79 Å². The molecule has 1 heterocycles. The maximum atomic E-state index is 10.2. The van der Waals surface area contributed by atoms with Gasteiger partial charge in [-0.15, -0.1) is 0 Å². The van der Waals surface area contributed by atoms with Gasteiger partial charge in [0.25, 0.3) is 0 Å². The largest absolute Gasteiger partial charge is 0.505 e. The van der Waals surface area contributed by atoms with Crippen LogP contribution in [0, 0.1) is 0 Å². The Balaban J connectivity index is 1.92. The normalized spacial score (nSPS) is 18.7. The number of rotatable bonds is 6. The zero-order valence-electron chi connectivity index (χ0n) is 14.0. The van der Waals surface area contributed by atoms with E-state index >= 15 is 0 Å². The molecular formula is C16H23BO6. The Labute approximate surface area is 136 Å². The van der Waals surface area contributed by atoms with Crippen LogP contribution in [0.3, 0.4) is 0 Å². The average Bonchev–Trinajstić information content (AvgIpc) is 2.67. The van der Waals surface area contributed by atoms with Crippen LogP contribution >= 0.6 is 0 Å². The van der Waals surface area contributed by atoms with E-state index in [1.165, 1.54) is 0 Å². The monoisotopic (exact) mass is 322 g/mol. The lowest BCUT2D eigenvalue weighted by Gasteiger charge is -2.32. The first kappa shape index (κ1) is 17.6. The van der Waals surface area contributed by atoms with E-state index in [1.807, 2.05) is 52.0 Å². The average molecular weight is 322 g/mol. The summed E-state index contributed by atoms with van der Waals surface area (Å²) in [5.41, 5.74) is 0.119. The molecule has 1 fully saturated rings. The van der Waals surface area contributed by atoms with Gasteiger partial charge in [-0.1, -0.05) is 12.1 Å². The van der Waals surface area contributed by atoms with Gasteiger partial charge in [-0.2, -0.15) is 0 Å². The van der Waals surface area contributed by atoms with Gasteiger partial charge in [0.15, 0.2) is 0 Å². The second kappa shape index (κ2) is 6.80. The topological polar surface area (TPSA) is 74.2 Å². The molecule has 0 aromatic heterocycles. The van der Waals surface area contributed by atoms with Gasteiger partial charge >= 0.3 is 13.3 Å². The molecule has 0 spiro atoms. The summed E-state index contributed by atoms with van der Waals surface area (Å²) in [6, 6.07) is 7.53. The third-order valence-electron chi connectivity index (χ3n) is 4.17. The van der Waals surface area contributed by atoms with Crippen LogP contribution in [0.1, 0.15) is 34.1 Å². The van der Waals surface area contributed by atoms with E-state index in [0.717, 1.165) is 5.46 Å². The molecule has 1 N–H and O–H groups in total. The quantitative estimate of drug-likeness (QED) is 0.493. The molecule has 0 atom stereocenters. The van der Waals surface area contributed by atoms with Crippen molar-refractivity contribution in [1.29, 1.82) is 0 Å². The van der Waals surface area contributed by atoms with Crippen LogP contribution in [0.2, 0.25) is 0 Å². The van der Waals surface area contributed by atoms with Gasteiger partial charge in [-0.3, -0.25) is 0 Å². The summed E-state index contributed by atoms with van der Waals surface area (Å²) in [5, 5.41) is 8.38. The molecular weight excluding hydrogens is 299 g/mol. The highest BCUT2D eigenvalue weighted by molar-refractivity contribution is 6.62. The Bertz CT molecular complexity index is 541. The molecule has 7 heteroatoms. The van der Waals surface area contributed by atoms with E-state index in [1.54, 1.807) is 0 Å². The number of benzene rings is 1. The molecule has 126 valence electrons. The molecule has 1 saturated heterocycles. The Hall–Kier alpha value is -1.73. The zero-order chi connectivity index (χ0) is 17.1. The number of hydrogen-bond acceptors (Lipinski definition) is 5. The number of carboxylic acid groups (broad SMARTS) is 1. The van der Waals surface area contributed by atoms with Crippen molar-refractivity contribution in [2.24, 2.45) is 0 Å². The van der Waals surface area contributed by atoms with E-state index in [2.05, 4.69) is 4.74 Å².